The average Bonchev–Trinajstić information content (AvgIpc) is 3.48. The Balaban J connectivity index is 1.37. The van der Waals surface area contributed by atoms with Gasteiger partial charge in [-0.3, -0.25) is 9.69 Å². The van der Waals surface area contributed by atoms with Gasteiger partial charge in [0.1, 0.15) is 11.6 Å². The van der Waals surface area contributed by atoms with Crippen LogP contribution in [0.5, 0.6) is 0 Å². The van der Waals surface area contributed by atoms with Crippen molar-refractivity contribution in [2.24, 2.45) is 0 Å². The van der Waals surface area contributed by atoms with Crippen LogP contribution in [0, 0.1) is 5.82 Å². The largest absolute Gasteiger partial charge is 0.302 e. The van der Waals surface area contributed by atoms with E-state index in [1.54, 1.807) is 6.07 Å². The van der Waals surface area contributed by atoms with Crippen molar-refractivity contribution in [1.82, 2.24) is 14.7 Å². The highest BCUT2D eigenvalue weighted by Crippen LogP contribution is 2.32. The third-order valence-corrected chi connectivity index (χ3v) is 6.75. The Morgan fingerprint density at radius 1 is 1.00 bits per heavy atom. The van der Waals surface area contributed by atoms with Crippen molar-refractivity contribution in [2.45, 2.75) is 38.6 Å². The molecular weight excluding hydrogens is 403 g/mol. The molecule has 2 aliphatic rings. The van der Waals surface area contributed by atoms with Crippen LogP contribution >= 0.6 is 0 Å². The van der Waals surface area contributed by atoms with E-state index in [2.05, 4.69) is 4.90 Å². The van der Waals surface area contributed by atoms with Gasteiger partial charge in [0.2, 0.25) is 5.91 Å². The molecule has 1 aromatic heterocycles. The number of hydrogen-bond donors (Lipinski definition) is 0. The van der Waals surface area contributed by atoms with E-state index in [0.29, 0.717) is 25.1 Å². The molecular formula is C26H29FN4O. The summed E-state index contributed by atoms with van der Waals surface area (Å²) in [6.45, 7) is 6.47. The lowest BCUT2D eigenvalue weighted by atomic mass is 9.95. The number of fused-ring (bicyclic) bond motifs is 1. The van der Waals surface area contributed by atoms with Crippen molar-refractivity contribution in [3.8, 4) is 11.1 Å². The van der Waals surface area contributed by atoms with E-state index in [1.807, 2.05) is 65.0 Å². The summed E-state index contributed by atoms with van der Waals surface area (Å²) in [5.41, 5.74) is 3.22. The van der Waals surface area contributed by atoms with Gasteiger partial charge in [-0.15, -0.1) is 0 Å². The number of amides is 1. The van der Waals surface area contributed by atoms with Crippen LogP contribution < -0.4 is 4.90 Å². The van der Waals surface area contributed by atoms with Crippen molar-refractivity contribution in [2.75, 3.05) is 31.1 Å². The summed E-state index contributed by atoms with van der Waals surface area (Å²) in [5, 5.41) is 4.79. The highest BCUT2D eigenvalue weighted by molar-refractivity contribution is 5.93. The standard InChI is InChI=1S/C26H29FN4O/c1-19(21-9-10-22(23(27)17-21)20-7-3-2-4-8-20)24-18-25-30(16-15-29-12-5-6-13-29)26(32)11-14-31(25)28-24/h2-4,7-10,17-19H,5-6,11-16H2,1H3. The minimum atomic E-state index is -0.230. The number of hydrogen-bond acceptors (Lipinski definition) is 3. The third-order valence-electron chi connectivity index (χ3n) is 6.75. The quantitative estimate of drug-likeness (QED) is 0.568. The van der Waals surface area contributed by atoms with Crippen LogP contribution in [0.3, 0.4) is 0 Å². The summed E-state index contributed by atoms with van der Waals surface area (Å²) in [4.78, 5) is 16.9. The number of anilines is 1. The van der Waals surface area contributed by atoms with Crippen molar-refractivity contribution in [3.63, 3.8) is 0 Å². The van der Waals surface area contributed by atoms with E-state index in [1.165, 1.54) is 12.8 Å². The lowest BCUT2D eigenvalue weighted by Crippen LogP contribution is -2.42. The van der Waals surface area contributed by atoms with Crippen LogP contribution in [0.2, 0.25) is 0 Å². The monoisotopic (exact) mass is 432 g/mol. The summed E-state index contributed by atoms with van der Waals surface area (Å²) in [6, 6.07) is 17.0. The lowest BCUT2D eigenvalue weighted by molar-refractivity contribution is -0.119. The molecule has 1 unspecified atom stereocenters. The fourth-order valence-electron chi connectivity index (χ4n) is 4.79. The zero-order valence-electron chi connectivity index (χ0n) is 18.5. The van der Waals surface area contributed by atoms with Gasteiger partial charge in [-0.2, -0.15) is 5.10 Å². The zero-order chi connectivity index (χ0) is 22.1. The van der Waals surface area contributed by atoms with Crippen molar-refractivity contribution in [1.29, 1.82) is 0 Å². The van der Waals surface area contributed by atoms with Crippen LogP contribution in [0.4, 0.5) is 10.2 Å². The normalized spacial score (nSPS) is 17.6. The number of likely N-dealkylation sites (tertiary alicyclic amines) is 1. The summed E-state index contributed by atoms with van der Waals surface area (Å²) < 4.78 is 16.9. The third kappa shape index (κ3) is 4.07. The van der Waals surface area contributed by atoms with Gasteiger partial charge in [0, 0.05) is 37.1 Å². The number of benzene rings is 2. The van der Waals surface area contributed by atoms with E-state index in [9.17, 15) is 9.18 Å². The highest BCUT2D eigenvalue weighted by atomic mass is 19.1. The second-order valence-electron chi connectivity index (χ2n) is 8.82. The maximum absolute atomic E-state index is 14.9. The number of rotatable bonds is 6. The Morgan fingerprint density at radius 3 is 2.53 bits per heavy atom. The zero-order valence-corrected chi connectivity index (χ0v) is 18.5. The van der Waals surface area contributed by atoms with Gasteiger partial charge < -0.3 is 4.90 Å². The molecule has 1 amide bonds. The van der Waals surface area contributed by atoms with Gasteiger partial charge in [0.25, 0.3) is 0 Å². The highest BCUT2D eigenvalue weighted by Gasteiger charge is 2.28. The smallest absolute Gasteiger partial charge is 0.230 e. The fraction of sp³-hybridized carbons (Fsp3) is 0.385. The van der Waals surface area contributed by atoms with Crippen LogP contribution in [-0.4, -0.2) is 46.8 Å². The molecule has 166 valence electrons. The van der Waals surface area contributed by atoms with Crippen LogP contribution in [0.15, 0.2) is 54.6 Å². The molecule has 2 aromatic carbocycles. The first-order valence-electron chi connectivity index (χ1n) is 11.6. The van der Waals surface area contributed by atoms with Gasteiger partial charge in [-0.1, -0.05) is 49.4 Å². The van der Waals surface area contributed by atoms with E-state index in [0.717, 1.165) is 42.3 Å². The van der Waals surface area contributed by atoms with Gasteiger partial charge in [-0.05, 0) is 43.1 Å². The first kappa shape index (κ1) is 20.9. The van der Waals surface area contributed by atoms with Crippen LogP contribution in [-0.2, 0) is 11.3 Å². The minimum Gasteiger partial charge on any atom is -0.302 e. The van der Waals surface area contributed by atoms with Crippen molar-refractivity contribution < 1.29 is 9.18 Å². The Bertz CT molecular complexity index is 1100. The number of nitrogens with zero attached hydrogens (tertiary/aromatic N) is 4. The topological polar surface area (TPSA) is 41.4 Å². The molecule has 0 spiro atoms. The Morgan fingerprint density at radius 2 is 1.78 bits per heavy atom. The second-order valence-corrected chi connectivity index (χ2v) is 8.82. The predicted molar refractivity (Wildman–Crippen MR) is 124 cm³/mol. The summed E-state index contributed by atoms with van der Waals surface area (Å²) in [5.74, 6) is 0.729. The Labute approximate surface area is 188 Å². The van der Waals surface area contributed by atoms with Gasteiger partial charge in [-0.25, -0.2) is 9.07 Å². The summed E-state index contributed by atoms with van der Waals surface area (Å²) >= 11 is 0. The maximum Gasteiger partial charge on any atom is 0.230 e. The summed E-state index contributed by atoms with van der Waals surface area (Å²) in [6.07, 6.45) is 2.96. The maximum atomic E-state index is 14.9. The predicted octanol–water partition coefficient (Wildman–Crippen LogP) is 4.67. The molecule has 6 heteroatoms. The van der Waals surface area contributed by atoms with E-state index in [4.69, 9.17) is 5.10 Å². The SMILES string of the molecule is CC(c1ccc(-c2ccccc2)c(F)c1)c1cc2n(n1)CCC(=O)N2CCN1CCCC1. The molecule has 3 heterocycles. The fourth-order valence-corrected chi connectivity index (χ4v) is 4.79. The van der Waals surface area contributed by atoms with Crippen molar-refractivity contribution >= 4 is 11.7 Å². The van der Waals surface area contributed by atoms with Gasteiger partial charge in [0.05, 0.1) is 12.2 Å². The molecule has 0 N–H and O–H groups in total. The van der Waals surface area contributed by atoms with Crippen LogP contribution in [0.1, 0.15) is 43.4 Å². The molecule has 3 aromatic rings. The first-order valence-corrected chi connectivity index (χ1v) is 11.6. The molecule has 1 saturated heterocycles. The molecule has 32 heavy (non-hydrogen) atoms. The molecule has 0 radical (unpaired) electrons. The molecule has 5 nitrogen and oxygen atoms in total. The number of halogens is 1. The number of carbonyl (C=O) groups is 1. The summed E-state index contributed by atoms with van der Waals surface area (Å²) in [7, 11) is 0. The lowest BCUT2D eigenvalue weighted by Gasteiger charge is -2.29. The second kappa shape index (κ2) is 8.87. The Kier molecular flexibility index (Phi) is 5.79. The molecule has 2 aliphatic heterocycles. The molecule has 0 aliphatic carbocycles. The van der Waals surface area contributed by atoms with Gasteiger partial charge >= 0.3 is 0 Å². The Hall–Kier alpha value is -2.99. The molecule has 0 saturated carbocycles. The molecule has 5 rings (SSSR count). The van der Waals surface area contributed by atoms with Gasteiger partial charge in [0.15, 0.2) is 0 Å². The van der Waals surface area contributed by atoms with E-state index >= 15 is 0 Å². The van der Waals surface area contributed by atoms with Crippen molar-refractivity contribution in [3.05, 3.63) is 71.7 Å². The van der Waals surface area contributed by atoms with E-state index in [-0.39, 0.29) is 17.6 Å². The molecule has 1 fully saturated rings. The first-order chi connectivity index (χ1) is 15.6. The average molecular weight is 433 g/mol. The number of aryl methyl sites for hydroxylation is 1. The molecule has 0 bridgehead atoms. The van der Waals surface area contributed by atoms with E-state index < -0.39 is 0 Å². The minimum absolute atomic E-state index is 0.0667. The number of carbonyl (C=O) groups excluding carboxylic acids is 1. The molecule has 1 atom stereocenters. The van der Waals surface area contributed by atoms with Crippen LogP contribution in [0.25, 0.3) is 11.1 Å². The number of aromatic nitrogens is 2.